The minimum Gasteiger partial charge on any atom is -0.297 e. The summed E-state index contributed by atoms with van der Waals surface area (Å²) in [4.78, 5) is 18.4. The molecule has 0 aliphatic heterocycles. The van der Waals surface area contributed by atoms with Gasteiger partial charge in [-0.15, -0.1) is 11.3 Å². The first-order valence-corrected chi connectivity index (χ1v) is 7.68. The third-order valence-corrected chi connectivity index (χ3v) is 4.34. The van der Waals surface area contributed by atoms with Crippen molar-refractivity contribution < 1.29 is 9.18 Å². The molecule has 0 aliphatic rings. The van der Waals surface area contributed by atoms with Crippen molar-refractivity contribution in [3.8, 4) is 10.7 Å². The molecule has 0 saturated heterocycles. The number of aromatic nitrogens is 2. The van der Waals surface area contributed by atoms with Gasteiger partial charge in [-0.1, -0.05) is 0 Å². The van der Waals surface area contributed by atoms with Gasteiger partial charge in [0.15, 0.2) is 5.82 Å². The van der Waals surface area contributed by atoms with Gasteiger partial charge in [0.25, 0.3) is 5.91 Å². The van der Waals surface area contributed by atoms with Crippen LogP contribution in [0.15, 0.2) is 36.4 Å². The molecule has 2 aromatic heterocycles. The van der Waals surface area contributed by atoms with E-state index in [2.05, 4.69) is 14.7 Å². The predicted molar refractivity (Wildman–Crippen MR) is 82.3 cm³/mol. The average Bonchev–Trinajstić information content (AvgIpc) is 3.08. The van der Waals surface area contributed by atoms with Gasteiger partial charge in [-0.25, -0.2) is 4.39 Å². The number of amides is 1. The zero-order valence-electron chi connectivity index (χ0n) is 11.0. The van der Waals surface area contributed by atoms with Gasteiger partial charge in [-0.05, 0) is 43.3 Å². The molecule has 0 saturated carbocycles. The summed E-state index contributed by atoms with van der Waals surface area (Å²) in [6.07, 6.45) is 0. The second kappa shape index (κ2) is 5.71. The van der Waals surface area contributed by atoms with Crippen molar-refractivity contribution in [1.82, 2.24) is 9.36 Å². The fourth-order valence-electron chi connectivity index (χ4n) is 1.70. The number of anilines is 1. The third kappa shape index (κ3) is 3.14. The Bertz CT molecular complexity index is 780. The highest BCUT2D eigenvalue weighted by Crippen LogP contribution is 2.27. The Labute approximate surface area is 128 Å². The molecule has 3 aromatic rings. The molecule has 21 heavy (non-hydrogen) atoms. The van der Waals surface area contributed by atoms with Crippen molar-refractivity contribution in [1.29, 1.82) is 0 Å². The first-order chi connectivity index (χ1) is 10.1. The number of thiophene rings is 1. The second-order valence-electron chi connectivity index (χ2n) is 4.29. The molecular formula is C14H10FN3OS2. The fourth-order valence-corrected chi connectivity index (χ4v) is 3.14. The van der Waals surface area contributed by atoms with Crippen LogP contribution in [0, 0.1) is 12.7 Å². The highest BCUT2D eigenvalue weighted by Gasteiger charge is 2.12. The minimum absolute atomic E-state index is 0.333. The zero-order valence-corrected chi connectivity index (χ0v) is 12.6. The monoisotopic (exact) mass is 319 g/mol. The third-order valence-electron chi connectivity index (χ3n) is 2.71. The molecule has 0 radical (unpaired) electrons. The highest BCUT2D eigenvalue weighted by atomic mass is 32.1. The van der Waals surface area contributed by atoms with E-state index in [1.54, 1.807) is 11.3 Å². The average molecular weight is 319 g/mol. The highest BCUT2D eigenvalue weighted by molar-refractivity contribution is 7.15. The lowest BCUT2D eigenvalue weighted by molar-refractivity contribution is 0.102. The standard InChI is InChI=1S/C14H10FN3OS2/c1-8-2-7-11(20-8)12-16-14(21-18-12)17-13(19)9-3-5-10(15)6-4-9/h2-7H,1H3,(H,16,17,18,19). The topological polar surface area (TPSA) is 54.9 Å². The lowest BCUT2D eigenvalue weighted by atomic mass is 10.2. The molecule has 1 N–H and O–H groups in total. The molecule has 0 bridgehead atoms. The Hall–Kier alpha value is -2.12. The van der Waals surface area contributed by atoms with Gasteiger partial charge in [0.05, 0.1) is 4.88 Å². The molecule has 0 aliphatic carbocycles. The zero-order chi connectivity index (χ0) is 14.8. The van der Waals surface area contributed by atoms with E-state index in [1.165, 1.54) is 29.1 Å². The fraction of sp³-hybridized carbons (Fsp3) is 0.0714. The van der Waals surface area contributed by atoms with E-state index in [0.29, 0.717) is 16.5 Å². The summed E-state index contributed by atoms with van der Waals surface area (Å²) >= 11 is 2.72. The van der Waals surface area contributed by atoms with Crippen molar-refractivity contribution in [3.05, 3.63) is 52.7 Å². The summed E-state index contributed by atoms with van der Waals surface area (Å²) in [6, 6.07) is 9.29. The van der Waals surface area contributed by atoms with Crippen LogP contribution in [0.25, 0.3) is 10.7 Å². The van der Waals surface area contributed by atoms with Crippen LogP contribution in [0.2, 0.25) is 0 Å². The van der Waals surface area contributed by atoms with Gasteiger partial charge in [0.2, 0.25) is 5.13 Å². The summed E-state index contributed by atoms with van der Waals surface area (Å²) in [7, 11) is 0. The molecule has 7 heteroatoms. The number of hydrogen-bond donors (Lipinski definition) is 1. The van der Waals surface area contributed by atoms with E-state index in [9.17, 15) is 9.18 Å². The van der Waals surface area contributed by atoms with Crippen LogP contribution in [0.1, 0.15) is 15.2 Å². The van der Waals surface area contributed by atoms with Gasteiger partial charge in [-0.2, -0.15) is 9.36 Å². The van der Waals surface area contributed by atoms with Crippen molar-refractivity contribution in [2.45, 2.75) is 6.92 Å². The van der Waals surface area contributed by atoms with E-state index in [0.717, 1.165) is 16.4 Å². The van der Waals surface area contributed by atoms with Crippen LogP contribution in [0.5, 0.6) is 0 Å². The lowest BCUT2D eigenvalue weighted by Gasteiger charge is -2.00. The first-order valence-electron chi connectivity index (χ1n) is 6.09. The maximum atomic E-state index is 12.8. The van der Waals surface area contributed by atoms with Crippen molar-refractivity contribution in [3.63, 3.8) is 0 Å². The second-order valence-corrected chi connectivity index (χ2v) is 6.33. The Morgan fingerprint density at radius 1 is 1.19 bits per heavy atom. The Morgan fingerprint density at radius 2 is 1.95 bits per heavy atom. The summed E-state index contributed by atoms with van der Waals surface area (Å²) in [5.74, 6) is -0.106. The summed E-state index contributed by atoms with van der Waals surface area (Å²) in [6.45, 7) is 2.01. The number of carbonyl (C=O) groups excluding carboxylic acids is 1. The van der Waals surface area contributed by atoms with E-state index < -0.39 is 0 Å². The van der Waals surface area contributed by atoms with Crippen LogP contribution in [0.3, 0.4) is 0 Å². The molecule has 1 aromatic carbocycles. The molecular weight excluding hydrogens is 309 g/mol. The number of carbonyl (C=O) groups is 1. The molecule has 3 rings (SSSR count). The predicted octanol–water partition coefficient (Wildman–Crippen LogP) is 3.97. The molecule has 4 nitrogen and oxygen atoms in total. The normalized spacial score (nSPS) is 10.6. The molecule has 0 fully saturated rings. The van der Waals surface area contributed by atoms with E-state index in [1.807, 2.05) is 19.1 Å². The molecule has 0 spiro atoms. The minimum atomic E-state index is -0.377. The smallest absolute Gasteiger partial charge is 0.257 e. The maximum Gasteiger partial charge on any atom is 0.257 e. The van der Waals surface area contributed by atoms with E-state index in [-0.39, 0.29) is 11.7 Å². The quantitative estimate of drug-likeness (QED) is 0.795. The maximum absolute atomic E-state index is 12.8. The van der Waals surface area contributed by atoms with Gasteiger partial charge in [-0.3, -0.25) is 10.1 Å². The molecule has 2 heterocycles. The Kier molecular flexibility index (Phi) is 3.76. The van der Waals surface area contributed by atoms with Crippen LogP contribution < -0.4 is 5.32 Å². The number of hydrogen-bond acceptors (Lipinski definition) is 5. The number of aryl methyl sites for hydroxylation is 1. The molecule has 0 atom stereocenters. The molecule has 1 amide bonds. The van der Waals surface area contributed by atoms with Gasteiger partial charge in [0.1, 0.15) is 5.82 Å². The van der Waals surface area contributed by atoms with Crippen LogP contribution in [0.4, 0.5) is 9.52 Å². The number of halogens is 1. The molecule has 0 unspecified atom stereocenters. The summed E-state index contributed by atoms with van der Waals surface area (Å²) in [5, 5.41) is 3.08. The van der Waals surface area contributed by atoms with Gasteiger partial charge in [0, 0.05) is 22.0 Å². The number of benzene rings is 1. The van der Waals surface area contributed by atoms with Crippen molar-refractivity contribution in [2.75, 3.05) is 5.32 Å². The van der Waals surface area contributed by atoms with Crippen LogP contribution >= 0.6 is 22.9 Å². The number of nitrogens with one attached hydrogen (secondary N) is 1. The van der Waals surface area contributed by atoms with Crippen molar-refractivity contribution in [2.24, 2.45) is 0 Å². The number of rotatable bonds is 3. The van der Waals surface area contributed by atoms with Crippen molar-refractivity contribution >= 4 is 33.9 Å². The Balaban J connectivity index is 1.75. The summed E-state index contributed by atoms with van der Waals surface area (Å²) < 4.78 is 17.0. The Morgan fingerprint density at radius 3 is 2.62 bits per heavy atom. The lowest BCUT2D eigenvalue weighted by Crippen LogP contribution is -2.11. The van der Waals surface area contributed by atoms with E-state index in [4.69, 9.17) is 0 Å². The van der Waals surface area contributed by atoms with Crippen LogP contribution in [-0.2, 0) is 0 Å². The number of nitrogens with zero attached hydrogens (tertiary/aromatic N) is 2. The van der Waals surface area contributed by atoms with Gasteiger partial charge < -0.3 is 0 Å². The van der Waals surface area contributed by atoms with Gasteiger partial charge >= 0.3 is 0 Å². The SMILES string of the molecule is Cc1ccc(-c2nsc(NC(=O)c3ccc(F)cc3)n2)s1. The van der Waals surface area contributed by atoms with Crippen LogP contribution in [-0.4, -0.2) is 15.3 Å². The summed E-state index contributed by atoms with van der Waals surface area (Å²) in [5.41, 5.74) is 0.375. The van der Waals surface area contributed by atoms with E-state index >= 15 is 0 Å². The largest absolute Gasteiger partial charge is 0.297 e. The molecule has 106 valence electrons. The first kappa shape index (κ1) is 13.8.